The number of allylic oxidation sites excluding steroid dienone is 3. The molecule has 0 aromatic carbocycles. The van der Waals surface area contributed by atoms with E-state index in [0.717, 1.165) is 0 Å². The molecule has 0 bridgehead atoms. The van der Waals surface area contributed by atoms with Crippen molar-refractivity contribution in [2.45, 2.75) is 28.7 Å². The van der Waals surface area contributed by atoms with Crippen LogP contribution in [-0.4, -0.2) is 26.2 Å². The van der Waals surface area contributed by atoms with Gasteiger partial charge in [-0.25, -0.2) is 4.79 Å². The number of methoxy groups -OCH3 is 2. The average Bonchev–Trinajstić information content (AvgIpc) is 2.27. The van der Waals surface area contributed by atoms with Crippen LogP contribution in [0.4, 0.5) is 0 Å². The predicted molar refractivity (Wildman–Crippen MR) is 69.6 cm³/mol. The van der Waals surface area contributed by atoms with Crippen LogP contribution in [0.25, 0.3) is 0 Å². The van der Waals surface area contributed by atoms with Crippen molar-refractivity contribution >= 4 is 11.9 Å². The van der Waals surface area contributed by atoms with Crippen LogP contribution in [0.1, 0.15) is 28.7 Å². The molecule has 1 unspecified atom stereocenters. The maximum Gasteiger partial charge on any atom is 0.334 e. The lowest BCUT2D eigenvalue weighted by Gasteiger charge is -2.11. The maximum atomic E-state index is 11.3. The Bertz CT molecular complexity index is 290. The van der Waals surface area contributed by atoms with Crippen molar-refractivity contribution < 1.29 is 19.1 Å². The molecule has 0 aliphatic heterocycles. The number of carbonyl (C=O) groups is 2. The van der Waals surface area contributed by atoms with Gasteiger partial charge in [-0.3, -0.25) is 4.79 Å². The van der Waals surface area contributed by atoms with E-state index in [4.69, 9.17) is 0 Å². The monoisotopic (exact) mass is 244 g/mol. The molecule has 0 radical (unpaired) electrons. The third-order valence-electron chi connectivity index (χ3n) is 1.91. The van der Waals surface area contributed by atoms with Gasteiger partial charge in [0, 0.05) is 0 Å². The lowest BCUT2D eigenvalue weighted by molar-refractivity contribution is -0.146. The summed E-state index contributed by atoms with van der Waals surface area (Å²) in [6.45, 7) is 3.41. The minimum Gasteiger partial charge on any atom is -0.469 e. The Kier molecular flexibility index (Phi) is 13.4. The standard InChI is InChI=1S/C11H16O4.2CH4/c1-5-6-7-9(11(13)15-4)8(2)10(12)14-3;;/h5-8H,1-4H3;2*1H4. The number of esters is 2. The fourth-order valence-corrected chi connectivity index (χ4v) is 1.01. The second-order valence-corrected chi connectivity index (χ2v) is 2.88. The van der Waals surface area contributed by atoms with Gasteiger partial charge in [0.2, 0.25) is 0 Å². The first-order valence-electron chi connectivity index (χ1n) is 4.57. The van der Waals surface area contributed by atoms with Gasteiger partial charge in [-0.2, -0.15) is 0 Å². The zero-order valence-electron chi connectivity index (χ0n) is 9.44. The first kappa shape index (κ1) is 20.8. The van der Waals surface area contributed by atoms with Crippen LogP contribution in [0, 0.1) is 5.92 Å². The molecule has 0 saturated carbocycles. The quantitative estimate of drug-likeness (QED) is 0.433. The molecule has 0 saturated heterocycles. The van der Waals surface area contributed by atoms with E-state index in [1.807, 2.05) is 6.92 Å². The molecule has 0 fully saturated rings. The highest BCUT2D eigenvalue weighted by Gasteiger charge is 2.24. The van der Waals surface area contributed by atoms with Crippen LogP contribution < -0.4 is 0 Å². The second-order valence-electron chi connectivity index (χ2n) is 2.88. The molecule has 0 heterocycles. The molecule has 4 heteroatoms. The van der Waals surface area contributed by atoms with Crippen LogP contribution in [0.3, 0.4) is 0 Å². The normalized spacial score (nSPS) is 12.1. The van der Waals surface area contributed by atoms with Crippen molar-refractivity contribution in [1.29, 1.82) is 0 Å². The smallest absolute Gasteiger partial charge is 0.334 e. The Morgan fingerprint density at radius 2 is 1.65 bits per heavy atom. The molecule has 0 rings (SSSR count). The molecule has 0 aliphatic carbocycles. The molecule has 0 N–H and O–H groups in total. The Balaban J connectivity index is -0.000000980. The number of ether oxygens (including phenoxy) is 2. The SMILES string of the molecule is C.C.CC=CC=C(C(=O)OC)C(C)C(=O)OC. The van der Waals surface area contributed by atoms with Gasteiger partial charge in [0.15, 0.2) is 0 Å². The van der Waals surface area contributed by atoms with Gasteiger partial charge in [-0.15, -0.1) is 0 Å². The van der Waals surface area contributed by atoms with E-state index < -0.39 is 17.9 Å². The lowest BCUT2D eigenvalue weighted by atomic mass is 10.0. The summed E-state index contributed by atoms with van der Waals surface area (Å²) >= 11 is 0. The average molecular weight is 244 g/mol. The first-order chi connectivity index (χ1) is 7.08. The summed E-state index contributed by atoms with van der Waals surface area (Å²) in [5, 5.41) is 0. The van der Waals surface area contributed by atoms with Gasteiger partial charge < -0.3 is 9.47 Å². The van der Waals surface area contributed by atoms with Crippen LogP contribution in [-0.2, 0) is 19.1 Å². The summed E-state index contributed by atoms with van der Waals surface area (Å²) in [4.78, 5) is 22.6. The minimum absolute atomic E-state index is 0. The zero-order chi connectivity index (χ0) is 11.8. The van der Waals surface area contributed by atoms with Crippen LogP contribution in [0.5, 0.6) is 0 Å². The molecule has 4 nitrogen and oxygen atoms in total. The lowest BCUT2D eigenvalue weighted by Crippen LogP contribution is -2.21. The Labute approximate surface area is 104 Å². The molecule has 1 atom stereocenters. The topological polar surface area (TPSA) is 52.6 Å². The molecule has 0 amide bonds. The Morgan fingerprint density at radius 3 is 2.00 bits per heavy atom. The first-order valence-corrected chi connectivity index (χ1v) is 4.57. The third kappa shape index (κ3) is 6.56. The molecule has 0 aromatic rings. The molecule has 0 aromatic heterocycles. The number of rotatable bonds is 4. The second kappa shape index (κ2) is 10.9. The highest BCUT2D eigenvalue weighted by molar-refractivity contribution is 5.95. The van der Waals surface area contributed by atoms with E-state index in [2.05, 4.69) is 9.47 Å². The Hall–Kier alpha value is -1.58. The molecular formula is C13H24O4. The van der Waals surface area contributed by atoms with Gasteiger partial charge in [0.25, 0.3) is 0 Å². The van der Waals surface area contributed by atoms with Gasteiger partial charge in [-0.05, 0) is 13.8 Å². The van der Waals surface area contributed by atoms with E-state index in [1.165, 1.54) is 14.2 Å². The summed E-state index contributed by atoms with van der Waals surface area (Å²) < 4.78 is 9.13. The highest BCUT2D eigenvalue weighted by Crippen LogP contribution is 2.14. The highest BCUT2D eigenvalue weighted by atomic mass is 16.5. The van der Waals surface area contributed by atoms with Crippen LogP contribution in [0.2, 0.25) is 0 Å². The van der Waals surface area contributed by atoms with Gasteiger partial charge in [-0.1, -0.05) is 33.1 Å². The van der Waals surface area contributed by atoms with Gasteiger partial charge in [0.05, 0.1) is 25.7 Å². The minimum atomic E-state index is -0.626. The van der Waals surface area contributed by atoms with Crippen molar-refractivity contribution in [3.05, 3.63) is 23.8 Å². The molecule has 0 spiro atoms. The van der Waals surface area contributed by atoms with Crippen molar-refractivity contribution in [2.75, 3.05) is 14.2 Å². The predicted octanol–water partition coefficient (Wildman–Crippen LogP) is 2.74. The summed E-state index contributed by atoms with van der Waals surface area (Å²) in [5.74, 6) is -1.61. The zero-order valence-corrected chi connectivity index (χ0v) is 9.44. The van der Waals surface area contributed by atoms with Crippen LogP contribution >= 0.6 is 0 Å². The van der Waals surface area contributed by atoms with E-state index >= 15 is 0 Å². The van der Waals surface area contributed by atoms with Crippen molar-refractivity contribution in [3.8, 4) is 0 Å². The van der Waals surface area contributed by atoms with Crippen LogP contribution in [0.15, 0.2) is 23.8 Å². The van der Waals surface area contributed by atoms with E-state index in [0.29, 0.717) is 0 Å². The largest absolute Gasteiger partial charge is 0.469 e. The molecule has 100 valence electrons. The molecule has 0 aliphatic rings. The van der Waals surface area contributed by atoms with Gasteiger partial charge >= 0.3 is 11.9 Å². The summed E-state index contributed by atoms with van der Waals surface area (Å²) in [6, 6.07) is 0. The van der Waals surface area contributed by atoms with Crippen molar-refractivity contribution in [1.82, 2.24) is 0 Å². The van der Waals surface area contributed by atoms with E-state index in [1.54, 1.807) is 25.2 Å². The fraction of sp³-hybridized carbons (Fsp3) is 0.538. The maximum absolute atomic E-state index is 11.3. The number of carbonyl (C=O) groups excluding carboxylic acids is 2. The summed E-state index contributed by atoms with van der Waals surface area (Å²) in [6.07, 6.45) is 4.98. The summed E-state index contributed by atoms with van der Waals surface area (Å²) in [5.41, 5.74) is 0.280. The van der Waals surface area contributed by atoms with Crippen molar-refractivity contribution in [2.24, 2.45) is 5.92 Å². The number of hydrogen-bond acceptors (Lipinski definition) is 4. The third-order valence-corrected chi connectivity index (χ3v) is 1.91. The van der Waals surface area contributed by atoms with Gasteiger partial charge in [0.1, 0.15) is 0 Å². The van der Waals surface area contributed by atoms with Crippen molar-refractivity contribution in [3.63, 3.8) is 0 Å². The van der Waals surface area contributed by atoms with E-state index in [9.17, 15) is 9.59 Å². The Morgan fingerprint density at radius 1 is 1.12 bits per heavy atom. The molecular weight excluding hydrogens is 220 g/mol. The number of hydrogen-bond donors (Lipinski definition) is 0. The van der Waals surface area contributed by atoms with E-state index in [-0.39, 0.29) is 20.4 Å². The molecule has 17 heavy (non-hydrogen) atoms. The summed E-state index contributed by atoms with van der Waals surface area (Å²) in [7, 11) is 2.55. The fourth-order valence-electron chi connectivity index (χ4n) is 1.01.